The number of urea groups is 1. The zero-order valence-electron chi connectivity index (χ0n) is 22.7. The summed E-state index contributed by atoms with van der Waals surface area (Å²) in [5, 5.41) is 10.6. The number of benzene rings is 3. The first-order valence-corrected chi connectivity index (χ1v) is 13.3. The molecule has 0 atom stereocenters. The van der Waals surface area contributed by atoms with E-state index in [2.05, 4.69) is 10.6 Å². The van der Waals surface area contributed by atoms with E-state index in [1.165, 1.54) is 4.90 Å². The van der Waals surface area contributed by atoms with Gasteiger partial charge in [-0.2, -0.15) is 5.10 Å². The second-order valence-electron chi connectivity index (χ2n) is 9.24. The maximum absolute atomic E-state index is 13.3. The highest BCUT2D eigenvalue weighted by atomic mass is 16.5. The summed E-state index contributed by atoms with van der Waals surface area (Å²) >= 11 is 0. The Hall–Kier alpha value is -4.59. The fourth-order valence-electron chi connectivity index (χ4n) is 4.06. The average Bonchev–Trinajstić information content (AvgIpc) is 3.36. The first kappa shape index (κ1) is 27.4. The Morgan fingerprint density at radius 3 is 2.31 bits per heavy atom. The molecule has 1 heterocycles. The highest BCUT2D eigenvalue weighted by molar-refractivity contribution is 5.97. The van der Waals surface area contributed by atoms with E-state index in [-0.39, 0.29) is 18.5 Å². The Bertz CT molecular complexity index is 1370. The van der Waals surface area contributed by atoms with Crippen molar-refractivity contribution in [2.45, 2.75) is 33.6 Å². The van der Waals surface area contributed by atoms with Gasteiger partial charge >= 0.3 is 6.03 Å². The standard InChI is InChI=1S/C31H35N5O3/c1-4-6-20-35(31(38)32-25-14-18-27(19-15-25)39-5-2)22-30(37)33-29-21-28(24-10-8-7-9-11-24)34-36(29)26-16-12-23(3)13-17-26/h7-19,21H,4-6,20,22H2,1-3H3,(H,32,38)(H,33,37). The Balaban J connectivity index is 1.52. The van der Waals surface area contributed by atoms with Gasteiger partial charge in [0, 0.05) is 23.9 Å². The molecule has 0 aliphatic rings. The molecular formula is C31H35N5O3. The highest BCUT2D eigenvalue weighted by Crippen LogP contribution is 2.25. The number of aromatic nitrogens is 2. The number of anilines is 2. The lowest BCUT2D eigenvalue weighted by atomic mass is 10.1. The number of aryl methyl sites for hydroxylation is 1. The molecule has 0 saturated heterocycles. The van der Waals surface area contributed by atoms with Crippen LogP contribution in [0.3, 0.4) is 0 Å². The number of ether oxygens (including phenoxy) is 1. The quantitative estimate of drug-likeness (QED) is 0.233. The molecule has 1 aromatic heterocycles. The van der Waals surface area contributed by atoms with Gasteiger partial charge in [-0.15, -0.1) is 0 Å². The molecule has 0 saturated carbocycles. The molecule has 39 heavy (non-hydrogen) atoms. The van der Waals surface area contributed by atoms with Crippen LogP contribution in [0.15, 0.2) is 84.9 Å². The maximum Gasteiger partial charge on any atom is 0.322 e. The van der Waals surface area contributed by atoms with Crippen molar-refractivity contribution in [3.05, 3.63) is 90.5 Å². The Morgan fingerprint density at radius 1 is 0.923 bits per heavy atom. The minimum absolute atomic E-state index is 0.0946. The Morgan fingerprint density at radius 2 is 1.64 bits per heavy atom. The number of nitrogens with zero attached hydrogens (tertiary/aromatic N) is 3. The first-order valence-electron chi connectivity index (χ1n) is 13.3. The Labute approximate surface area is 229 Å². The van der Waals surface area contributed by atoms with Crippen LogP contribution in [-0.2, 0) is 4.79 Å². The second-order valence-corrected chi connectivity index (χ2v) is 9.24. The summed E-state index contributed by atoms with van der Waals surface area (Å²) < 4.78 is 7.19. The van der Waals surface area contributed by atoms with Gasteiger partial charge < -0.3 is 20.3 Å². The van der Waals surface area contributed by atoms with E-state index < -0.39 is 0 Å². The number of nitrogens with one attached hydrogen (secondary N) is 2. The second kappa shape index (κ2) is 13.3. The number of hydrogen-bond donors (Lipinski definition) is 2. The summed E-state index contributed by atoms with van der Waals surface area (Å²) in [6.45, 7) is 6.92. The van der Waals surface area contributed by atoms with Crippen LogP contribution in [0.25, 0.3) is 16.9 Å². The van der Waals surface area contributed by atoms with Crippen molar-refractivity contribution in [1.82, 2.24) is 14.7 Å². The third kappa shape index (κ3) is 7.47. The number of carbonyl (C=O) groups excluding carboxylic acids is 2. The lowest BCUT2D eigenvalue weighted by Crippen LogP contribution is -2.41. The smallest absolute Gasteiger partial charge is 0.322 e. The summed E-state index contributed by atoms with van der Waals surface area (Å²) in [5.74, 6) is 0.962. The maximum atomic E-state index is 13.3. The molecule has 0 bridgehead atoms. The lowest BCUT2D eigenvalue weighted by Gasteiger charge is -2.22. The van der Waals surface area contributed by atoms with Crippen LogP contribution in [0.5, 0.6) is 5.75 Å². The van der Waals surface area contributed by atoms with Gasteiger partial charge in [-0.1, -0.05) is 61.4 Å². The average molecular weight is 526 g/mol. The van der Waals surface area contributed by atoms with E-state index in [1.807, 2.05) is 81.4 Å². The molecule has 3 aromatic carbocycles. The van der Waals surface area contributed by atoms with E-state index in [0.29, 0.717) is 24.7 Å². The van der Waals surface area contributed by atoms with Gasteiger partial charge in [0.05, 0.1) is 18.0 Å². The van der Waals surface area contributed by atoms with Crippen molar-refractivity contribution < 1.29 is 14.3 Å². The third-order valence-corrected chi connectivity index (χ3v) is 6.14. The minimum Gasteiger partial charge on any atom is -0.494 e. The third-order valence-electron chi connectivity index (χ3n) is 6.14. The molecule has 0 radical (unpaired) electrons. The van der Waals surface area contributed by atoms with E-state index in [1.54, 1.807) is 28.9 Å². The van der Waals surface area contributed by atoms with Crippen molar-refractivity contribution in [3.63, 3.8) is 0 Å². The molecule has 0 spiro atoms. The molecule has 4 aromatic rings. The molecule has 3 amide bonds. The summed E-state index contributed by atoms with van der Waals surface area (Å²) in [6, 6.07) is 26.4. The first-order chi connectivity index (χ1) is 19.0. The molecule has 0 aliphatic heterocycles. The predicted octanol–water partition coefficient (Wildman–Crippen LogP) is 6.52. The van der Waals surface area contributed by atoms with Crippen molar-refractivity contribution in [1.29, 1.82) is 0 Å². The summed E-state index contributed by atoms with van der Waals surface area (Å²) in [5.41, 5.74) is 4.27. The van der Waals surface area contributed by atoms with E-state index in [9.17, 15) is 9.59 Å². The highest BCUT2D eigenvalue weighted by Gasteiger charge is 2.20. The fourth-order valence-corrected chi connectivity index (χ4v) is 4.06. The molecule has 4 rings (SSSR count). The molecule has 0 aliphatic carbocycles. The van der Waals surface area contributed by atoms with Crippen LogP contribution in [0.2, 0.25) is 0 Å². The van der Waals surface area contributed by atoms with Crippen molar-refractivity contribution >= 4 is 23.4 Å². The molecule has 8 nitrogen and oxygen atoms in total. The summed E-state index contributed by atoms with van der Waals surface area (Å²) in [6.07, 6.45) is 1.68. The van der Waals surface area contributed by atoms with Crippen LogP contribution >= 0.6 is 0 Å². The summed E-state index contributed by atoms with van der Waals surface area (Å²) in [7, 11) is 0. The molecular weight excluding hydrogens is 490 g/mol. The topological polar surface area (TPSA) is 88.5 Å². The fraction of sp³-hybridized carbons (Fsp3) is 0.258. The molecule has 0 unspecified atom stereocenters. The number of carbonyl (C=O) groups is 2. The van der Waals surface area contributed by atoms with Crippen LogP contribution in [-0.4, -0.2) is 46.3 Å². The van der Waals surface area contributed by atoms with Crippen molar-refractivity contribution in [2.75, 3.05) is 30.3 Å². The predicted molar refractivity (Wildman–Crippen MR) is 155 cm³/mol. The minimum atomic E-state index is -0.334. The molecule has 0 fully saturated rings. The van der Waals surface area contributed by atoms with Crippen LogP contribution < -0.4 is 15.4 Å². The van der Waals surface area contributed by atoms with Gasteiger partial charge in [0.2, 0.25) is 5.91 Å². The zero-order valence-corrected chi connectivity index (χ0v) is 22.7. The van der Waals surface area contributed by atoms with Gasteiger partial charge in [0.1, 0.15) is 18.1 Å². The van der Waals surface area contributed by atoms with Crippen LogP contribution in [0.4, 0.5) is 16.3 Å². The zero-order chi connectivity index (χ0) is 27.6. The number of hydrogen-bond acceptors (Lipinski definition) is 4. The Kier molecular flexibility index (Phi) is 9.34. The monoisotopic (exact) mass is 525 g/mol. The number of amides is 3. The molecule has 2 N–H and O–H groups in total. The largest absolute Gasteiger partial charge is 0.494 e. The van der Waals surface area contributed by atoms with Gasteiger partial charge in [-0.3, -0.25) is 4.79 Å². The van der Waals surface area contributed by atoms with Crippen LogP contribution in [0, 0.1) is 6.92 Å². The van der Waals surface area contributed by atoms with E-state index in [4.69, 9.17) is 9.84 Å². The number of unbranched alkanes of at least 4 members (excludes halogenated alkanes) is 1. The van der Waals surface area contributed by atoms with Gasteiger partial charge in [0.15, 0.2) is 0 Å². The summed E-state index contributed by atoms with van der Waals surface area (Å²) in [4.78, 5) is 27.9. The molecule has 202 valence electrons. The van der Waals surface area contributed by atoms with Gasteiger partial charge in [-0.05, 0) is 56.7 Å². The van der Waals surface area contributed by atoms with E-state index in [0.717, 1.165) is 41.1 Å². The lowest BCUT2D eigenvalue weighted by molar-refractivity contribution is -0.116. The normalized spacial score (nSPS) is 10.6. The van der Waals surface area contributed by atoms with E-state index >= 15 is 0 Å². The van der Waals surface area contributed by atoms with Crippen LogP contribution in [0.1, 0.15) is 32.3 Å². The van der Waals surface area contributed by atoms with Gasteiger partial charge in [0.25, 0.3) is 0 Å². The number of rotatable bonds is 11. The SMILES string of the molecule is CCCCN(CC(=O)Nc1cc(-c2ccccc2)nn1-c1ccc(C)cc1)C(=O)Nc1ccc(OCC)cc1. The van der Waals surface area contributed by atoms with Crippen molar-refractivity contribution in [2.24, 2.45) is 0 Å². The van der Waals surface area contributed by atoms with Crippen molar-refractivity contribution in [3.8, 4) is 22.7 Å². The van der Waals surface area contributed by atoms with Gasteiger partial charge in [-0.25, -0.2) is 9.48 Å². The molecule has 8 heteroatoms.